The summed E-state index contributed by atoms with van der Waals surface area (Å²) in [6.07, 6.45) is -11.2. The first-order valence-electron chi connectivity index (χ1n) is 15.4. The summed E-state index contributed by atoms with van der Waals surface area (Å²) in [5.41, 5.74) is -2.65. The van der Waals surface area contributed by atoms with E-state index in [1.165, 1.54) is 0 Å². The van der Waals surface area contributed by atoms with Gasteiger partial charge in [0.25, 0.3) is 0 Å². The molecular weight excluding hydrogens is 760 g/mol. The van der Waals surface area contributed by atoms with Crippen LogP contribution >= 0.6 is 0 Å². The summed E-state index contributed by atoms with van der Waals surface area (Å²) in [5, 5.41) is 129. The minimum absolute atomic E-state index is 0.555. The molecule has 5 rings (SSSR count). The Morgan fingerprint density at radius 3 is 1.07 bits per heavy atom. The zero-order valence-corrected chi connectivity index (χ0v) is 27.7. The number of rotatable bonds is 9. The van der Waals surface area contributed by atoms with Crippen molar-refractivity contribution in [2.24, 2.45) is 0 Å². The average Bonchev–Trinajstić information content (AvgIpc) is 3.14. The van der Waals surface area contributed by atoms with Gasteiger partial charge in [-0.3, -0.25) is 0 Å². The molecule has 56 heavy (non-hydrogen) atoms. The Hall–Kier alpha value is -7.72. The van der Waals surface area contributed by atoms with Crippen molar-refractivity contribution in [2.45, 2.75) is 30.7 Å². The third-order valence-corrected chi connectivity index (χ3v) is 7.93. The lowest BCUT2D eigenvalue weighted by atomic mass is 9.98. The molecule has 4 aromatic rings. The van der Waals surface area contributed by atoms with Gasteiger partial charge in [-0.05, 0) is 48.5 Å². The van der Waals surface area contributed by atoms with Crippen LogP contribution in [0.4, 0.5) is 0 Å². The predicted octanol–water partition coefficient (Wildman–Crippen LogP) is 0.705. The van der Waals surface area contributed by atoms with Crippen LogP contribution in [0.3, 0.4) is 0 Å². The van der Waals surface area contributed by atoms with E-state index in [1.54, 1.807) is 0 Å². The molecule has 5 atom stereocenters. The Bertz CT molecular complexity index is 2140. The van der Waals surface area contributed by atoms with Gasteiger partial charge in [0.15, 0.2) is 75.1 Å². The second-order valence-corrected chi connectivity index (χ2v) is 11.7. The summed E-state index contributed by atoms with van der Waals surface area (Å²) in [7, 11) is 0. The second-order valence-electron chi connectivity index (χ2n) is 11.7. The van der Waals surface area contributed by atoms with E-state index in [0.717, 1.165) is 0 Å². The normalized spacial score (nSPS) is 19.1. The van der Waals surface area contributed by atoms with Crippen LogP contribution in [0, 0.1) is 0 Å². The molecule has 1 heterocycles. The lowest BCUT2D eigenvalue weighted by Gasteiger charge is -2.42. The quantitative estimate of drug-likeness (QED) is 0.0630. The number of esters is 4. The van der Waals surface area contributed by atoms with Crippen molar-refractivity contribution in [3.8, 4) is 69.0 Å². The molecule has 1 fully saturated rings. The van der Waals surface area contributed by atoms with Crippen LogP contribution in [0.1, 0.15) is 41.4 Å². The van der Waals surface area contributed by atoms with Gasteiger partial charge in [-0.15, -0.1) is 0 Å². The molecule has 13 N–H and O–H groups in total. The average molecular weight is 789 g/mol. The van der Waals surface area contributed by atoms with E-state index in [4.69, 9.17) is 23.7 Å². The molecule has 0 saturated carbocycles. The molecule has 22 nitrogen and oxygen atoms in total. The number of hydrogen-bond acceptors (Lipinski definition) is 22. The first kappa shape index (κ1) is 39.5. The summed E-state index contributed by atoms with van der Waals surface area (Å²) in [6, 6.07) is 5.01. The highest BCUT2D eigenvalue weighted by Crippen LogP contribution is 2.40. The molecule has 22 heteroatoms. The fourth-order valence-corrected chi connectivity index (χ4v) is 5.07. The number of hydrogen-bond donors (Lipinski definition) is 13. The molecule has 0 amide bonds. The Morgan fingerprint density at radius 1 is 0.446 bits per heavy atom. The maximum Gasteiger partial charge on any atom is 0.340 e. The molecule has 0 spiro atoms. The summed E-state index contributed by atoms with van der Waals surface area (Å²) >= 11 is 0. The summed E-state index contributed by atoms with van der Waals surface area (Å²) in [6.45, 7) is -1.06. The highest BCUT2D eigenvalue weighted by Gasteiger charge is 2.52. The van der Waals surface area contributed by atoms with E-state index in [-0.39, 0.29) is 0 Å². The first-order valence-corrected chi connectivity index (χ1v) is 15.4. The summed E-state index contributed by atoms with van der Waals surface area (Å²) < 4.78 is 26.7. The minimum Gasteiger partial charge on any atom is -0.504 e. The van der Waals surface area contributed by atoms with Gasteiger partial charge in [-0.25, -0.2) is 19.2 Å². The van der Waals surface area contributed by atoms with Gasteiger partial charge >= 0.3 is 23.9 Å². The van der Waals surface area contributed by atoms with Crippen LogP contribution in [-0.2, 0) is 23.7 Å². The van der Waals surface area contributed by atoms with Crippen molar-refractivity contribution < 1.29 is 109 Å². The highest BCUT2D eigenvalue weighted by atomic mass is 16.7. The first-order chi connectivity index (χ1) is 26.3. The smallest absolute Gasteiger partial charge is 0.340 e. The number of benzene rings is 4. The fourth-order valence-electron chi connectivity index (χ4n) is 5.07. The monoisotopic (exact) mass is 788 g/mol. The van der Waals surface area contributed by atoms with E-state index >= 15 is 0 Å². The SMILES string of the molecule is O=C(OC[C@H]1OC(OC(=O)c2cc(O)c(O)c(O)c2)[C@H](OC(=O)c2cc(O)c(O)c(O)c2)[C@@H](OC(=O)c2cc(O)c(O)c(O)c2)[C@@H]1O)c1cc(O)c(O)c(O)c1. The molecule has 1 aliphatic rings. The standard InChI is InChI=1S/C34H28O22/c35-14-1-10(2-15(36)23(14)43)30(48)52-9-22-27(47)28(54-31(49)11-3-16(37)24(44)17(38)4-11)29(55-32(50)12-5-18(39)25(45)19(40)6-12)34(53-22)56-33(51)13-7-20(41)26(46)21(42)8-13/h1-8,22,27-29,34-47H,9H2/t22-,27-,28+,29-,34?/m1/s1. The zero-order valence-electron chi connectivity index (χ0n) is 27.7. The molecule has 0 aromatic heterocycles. The van der Waals surface area contributed by atoms with Gasteiger partial charge in [0.1, 0.15) is 18.8 Å². The Kier molecular flexibility index (Phi) is 10.8. The number of carbonyl (C=O) groups is 4. The molecule has 0 aliphatic carbocycles. The minimum atomic E-state index is -2.36. The largest absolute Gasteiger partial charge is 0.504 e. The Morgan fingerprint density at radius 2 is 0.732 bits per heavy atom. The molecule has 4 aromatic carbocycles. The van der Waals surface area contributed by atoms with Crippen LogP contribution in [0.15, 0.2) is 48.5 Å². The Labute approximate surface area is 310 Å². The maximum atomic E-state index is 13.4. The molecule has 1 unspecified atom stereocenters. The molecular formula is C34H28O22. The van der Waals surface area contributed by atoms with E-state index in [0.29, 0.717) is 48.5 Å². The van der Waals surface area contributed by atoms with Gasteiger partial charge < -0.3 is 90.1 Å². The number of ether oxygens (including phenoxy) is 5. The summed E-state index contributed by atoms with van der Waals surface area (Å²) in [5.74, 6) is -18.1. The number of phenols is 12. The van der Waals surface area contributed by atoms with Crippen molar-refractivity contribution in [1.82, 2.24) is 0 Å². The van der Waals surface area contributed by atoms with E-state index in [2.05, 4.69) is 0 Å². The summed E-state index contributed by atoms with van der Waals surface area (Å²) in [4.78, 5) is 52.9. The van der Waals surface area contributed by atoms with Crippen LogP contribution in [-0.4, -0.2) is 128 Å². The van der Waals surface area contributed by atoms with Crippen molar-refractivity contribution in [3.63, 3.8) is 0 Å². The van der Waals surface area contributed by atoms with Crippen LogP contribution < -0.4 is 0 Å². The van der Waals surface area contributed by atoms with Gasteiger partial charge in [0.05, 0.1) is 22.3 Å². The van der Waals surface area contributed by atoms with Crippen molar-refractivity contribution in [1.29, 1.82) is 0 Å². The van der Waals surface area contributed by atoms with Gasteiger partial charge in [0, 0.05) is 0 Å². The third-order valence-electron chi connectivity index (χ3n) is 7.93. The zero-order chi connectivity index (χ0) is 41.3. The van der Waals surface area contributed by atoms with Crippen LogP contribution in [0.25, 0.3) is 0 Å². The lowest BCUT2D eigenvalue weighted by molar-refractivity contribution is -0.283. The number of carbonyl (C=O) groups excluding carboxylic acids is 4. The van der Waals surface area contributed by atoms with Crippen molar-refractivity contribution >= 4 is 23.9 Å². The van der Waals surface area contributed by atoms with Gasteiger partial charge in [-0.1, -0.05) is 0 Å². The molecule has 0 radical (unpaired) electrons. The van der Waals surface area contributed by atoms with Gasteiger partial charge in [0.2, 0.25) is 12.4 Å². The molecule has 296 valence electrons. The van der Waals surface area contributed by atoms with E-state index in [1.807, 2.05) is 0 Å². The fraction of sp³-hybridized carbons (Fsp3) is 0.176. The topological polar surface area (TPSA) is 377 Å². The number of aliphatic hydroxyl groups excluding tert-OH is 1. The second kappa shape index (κ2) is 15.3. The van der Waals surface area contributed by atoms with E-state index < -0.39 is 152 Å². The number of aromatic hydroxyl groups is 12. The van der Waals surface area contributed by atoms with Crippen molar-refractivity contribution in [3.05, 3.63) is 70.8 Å². The van der Waals surface area contributed by atoms with E-state index in [9.17, 15) is 85.6 Å². The maximum absolute atomic E-state index is 13.4. The number of aliphatic hydroxyl groups is 1. The predicted molar refractivity (Wildman–Crippen MR) is 175 cm³/mol. The van der Waals surface area contributed by atoms with Crippen molar-refractivity contribution in [2.75, 3.05) is 6.61 Å². The number of phenolic OH excluding ortho intramolecular Hbond substituents is 12. The lowest BCUT2D eigenvalue weighted by Crippen LogP contribution is -2.62. The molecule has 1 aliphatic heterocycles. The molecule has 1 saturated heterocycles. The third kappa shape index (κ3) is 7.95. The van der Waals surface area contributed by atoms with Gasteiger partial charge in [-0.2, -0.15) is 0 Å². The van der Waals surface area contributed by atoms with Crippen LogP contribution in [0.2, 0.25) is 0 Å². The van der Waals surface area contributed by atoms with Crippen LogP contribution in [0.5, 0.6) is 69.0 Å². The molecule has 0 bridgehead atoms. The Balaban J connectivity index is 1.55. The highest BCUT2D eigenvalue weighted by molar-refractivity contribution is 5.93.